The minimum Gasteiger partial charge on any atom is -0.340 e. The van der Waals surface area contributed by atoms with Gasteiger partial charge in [0.05, 0.1) is 11.7 Å². The van der Waals surface area contributed by atoms with Crippen molar-refractivity contribution >= 4 is 12.0 Å². The van der Waals surface area contributed by atoms with Gasteiger partial charge in [0.2, 0.25) is 5.91 Å². The minimum absolute atomic E-state index is 0.149. The lowest BCUT2D eigenvalue weighted by Crippen LogP contribution is -2.28. The van der Waals surface area contributed by atoms with Gasteiger partial charge < -0.3 is 5.32 Å². The van der Waals surface area contributed by atoms with Crippen molar-refractivity contribution in [1.29, 1.82) is 0 Å². The zero-order valence-corrected chi connectivity index (χ0v) is 15.0. The Morgan fingerprint density at radius 2 is 1.77 bits per heavy atom. The third kappa shape index (κ3) is 4.45. The Morgan fingerprint density at radius 3 is 2.46 bits per heavy atom. The Morgan fingerprint density at radius 1 is 1.00 bits per heavy atom. The maximum atomic E-state index is 12.5. The van der Waals surface area contributed by atoms with Crippen molar-refractivity contribution < 1.29 is 4.79 Å². The fraction of sp³-hybridized carbons (Fsp3) is 0.130. The van der Waals surface area contributed by atoms with Crippen molar-refractivity contribution in [1.82, 2.24) is 10.3 Å². The van der Waals surface area contributed by atoms with Gasteiger partial charge in [-0.25, -0.2) is 0 Å². The number of amides is 1. The molecule has 3 rings (SSSR count). The van der Waals surface area contributed by atoms with Gasteiger partial charge >= 0.3 is 0 Å². The normalized spacial score (nSPS) is 12.1. The van der Waals surface area contributed by atoms with Gasteiger partial charge in [0.15, 0.2) is 0 Å². The third-order valence-corrected chi connectivity index (χ3v) is 4.24. The quantitative estimate of drug-likeness (QED) is 0.688. The van der Waals surface area contributed by atoms with Crippen LogP contribution in [0.25, 0.3) is 6.08 Å². The van der Waals surface area contributed by atoms with E-state index in [-0.39, 0.29) is 11.9 Å². The Bertz CT molecular complexity index is 863. The van der Waals surface area contributed by atoms with Crippen molar-refractivity contribution in [3.63, 3.8) is 0 Å². The highest BCUT2D eigenvalue weighted by atomic mass is 16.1. The van der Waals surface area contributed by atoms with E-state index in [1.807, 2.05) is 73.7 Å². The highest BCUT2D eigenvalue weighted by molar-refractivity contribution is 5.92. The van der Waals surface area contributed by atoms with Gasteiger partial charge in [-0.2, -0.15) is 0 Å². The molecule has 0 saturated heterocycles. The number of nitrogens with zero attached hydrogens (tertiary/aromatic N) is 1. The molecule has 0 aliphatic carbocycles. The van der Waals surface area contributed by atoms with E-state index in [0.717, 1.165) is 22.4 Å². The molecule has 1 amide bonds. The molecule has 2 aromatic carbocycles. The first-order valence-corrected chi connectivity index (χ1v) is 8.65. The van der Waals surface area contributed by atoms with E-state index in [0.29, 0.717) is 0 Å². The Labute approximate surface area is 154 Å². The lowest BCUT2D eigenvalue weighted by Gasteiger charge is -2.18. The van der Waals surface area contributed by atoms with E-state index in [1.165, 1.54) is 5.56 Å². The molecule has 0 aliphatic rings. The maximum Gasteiger partial charge on any atom is 0.244 e. The second-order valence-electron chi connectivity index (χ2n) is 6.30. The molecule has 1 heterocycles. The Balaban J connectivity index is 1.80. The van der Waals surface area contributed by atoms with Crippen molar-refractivity contribution in [2.24, 2.45) is 0 Å². The van der Waals surface area contributed by atoms with E-state index in [2.05, 4.69) is 23.3 Å². The van der Waals surface area contributed by atoms with Crippen LogP contribution < -0.4 is 5.32 Å². The fourth-order valence-electron chi connectivity index (χ4n) is 2.89. The van der Waals surface area contributed by atoms with Crippen molar-refractivity contribution in [3.05, 3.63) is 107 Å². The molecule has 3 heteroatoms. The standard InChI is InChI=1S/C23H22N2O/c1-17-11-12-19(18(2)16-17)13-14-22(26)25-23(20-8-4-3-5-9-20)21-10-6-7-15-24-21/h3-16,23H,1-2H3,(H,25,26)/b14-13+. The van der Waals surface area contributed by atoms with Gasteiger partial charge in [-0.15, -0.1) is 0 Å². The average Bonchev–Trinajstić information content (AvgIpc) is 2.67. The molecule has 3 aromatic rings. The monoisotopic (exact) mass is 342 g/mol. The predicted octanol–water partition coefficient (Wildman–Crippen LogP) is 4.62. The number of nitrogens with one attached hydrogen (secondary N) is 1. The lowest BCUT2D eigenvalue weighted by atomic mass is 10.0. The predicted molar refractivity (Wildman–Crippen MR) is 106 cm³/mol. The zero-order valence-electron chi connectivity index (χ0n) is 15.0. The molecule has 130 valence electrons. The van der Waals surface area contributed by atoms with E-state index in [9.17, 15) is 4.79 Å². The number of carbonyl (C=O) groups excluding carboxylic acids is 1. The van der Waals surface area contributed by atoms with Gasteiger partial charge in [-0.05, 0) is 48.7 Å². The summed E-state index contributed by atoms with van der Waals surface area (Å²) in [4.78, 5) is 16.9. The lowest BCUT2D eigenvalue weighted by molar-refractivity contribution is -0.116. The summed E-state index contributed by atoms with van der Waals surface area (Å²) >= 11 is 0. The van der Waals surface area contributed by atoms with Crippen LogP contribution in [0.15, 0.2) is 79.0 Å². The molecule has 0 aliphatic heterocycles. The Hall–Kier alpha value is -3.20. The van der Waals surface area contributed by atoms with Gasteiger partial charge in [0.1, 0.15) is 0 Å². The number of rotatable bonds is 5. The van der Waals surface area contributed by atoms with E-state index < -0.39 is 0 Å². The molecule has 1 atom stereocenters. The molecule has 0 saturated carbocycles. The minimum atomic E-state index is -0.284. The number of hydrogen-bond donors (Lipinski definition) is 1. The van der Waals surface area contributed by atoms with Gasteiger partial charge in [0, 0.05) is 12.3 Å². The van der Waals surface area contributed by atoms with E-state index >= 15 is 0 Å². The zero-order chi connectivity index (χ0) is 18.4. The SMILES string of the molecule is Cc1ccc(/C=C/C(=O)NC(c2ccccc2)c2ccccn2)c(C)c1. The van der Waals surface area contributed by atoms with Crippen molar-refractivity contribution in [3.8, 4) is 0 Å². The first kappa shape index (κ1) is 17.6. The van der Waals surface area contributed by atoms with Gasteiger partial charge in [-0.1, -0.05) is 60.2 Å². The van der Waals surface area contributed by atoms with Crippen LogP contribution in [0, 0.1) is 13.8 Å². The van der Waals surface area contributed by atoms with Crippen LogP contribution in [0.4, 0.5) is 0 Å². The summed E-state index contributed by atoms with van der Waals surface area (Å²) in [6, 6.07) is 21.5. The number of benzene rings is 2. The highest BCUT2D eigenvalue weighted by Crippen LogP contribution is 2.20. The number of aromatic nitrogens is 1. The van der Waals surface area contributed by atoms with Crippen LogP contribution in [-0.2, 0) is 4.79 Å². The third-order valence-electron chi connectivity index (χ3n) is 4.24. The summed E-state index contributed by atoms with van der Waals surface area (Å²) in [6.07, 6.45) is 5.17. The number of aryl methyl sites for hydroxylation is 2. The van der Waals surface area contributed by atoms with Crippen LogP contribution in [0.2, 0.25) is 0 Å². The van der Waals surface area contributed by atoms with Crippen LogP contribution in [-0.4, -0.2) is 10.9 Å². The fourth-order valence-corrected chi connectivity index (χ4v) is 2.89. The molecule has 3 nitrogen and oxygen atoms in total. The summed E-state index contributed by atoms with van der Waals surface area (Å²) in [7, 11) is 0. The molecule has 0 radical (unpaired) electrons. The molecule has 0 fully saturated rings. The summed E-state index contributed by atoms with van der Waals surface area (Å²) < 4.78 is 0. The van der Waals surface area contributed by atoms with Crippen molar-refractivity contribution in [2.45, 2.75) is 19.9 Å². The summed E-state index contributed by atoms with van der Waals surface area (Å²) in [5.41, 5.74) is 5.22. The first-order valence-electron chi connectivity index (χ1n) is 8.65. The smallest absolute Gasteiger partial charge is 0.244 e. The molecular weight excluding hydrogens is 320 g/mol. The van der Waals surface area contributed by atoms with Crippen LogP contribution in [0.3, 0.4) is 0 Å². The summed E-state index contributed by atoms with van der Waals surface area (Å²) in [6.45, 7) is 4.11. The second-order valence-corrected chi connectivity index (χ2v) is 6.30. The van der Waals surface area contributed by atoms with E-state index in [1.54, 1.807) is 12.3 Å². The first-order chi connectivity index (χ1) is 12.6. The molecule has 0 bridgehead atoms. The molecule has 1 N–H and O–H groups in total. The molecule has 1 unspecified atom stereocenters. The van der Waals surface area contributed by atoms with Crippen LogP contribution in [0.1, 0.15) is 34.0 Å². The van der Waals surface area contributed by atoms with E-state index in [4.69, 9.17) is 0 Å². The van der Waals surface area contributed by atoms with Crippen molar-refractivity contribution in [2.75, 3.05) is 0 Å². The molecule has 26 heavy (non-hydrogen) atoms. The molecule has 1 aromatic heterocycles. The highest BCUT2D eigenvalue weighted by Gasteiger charge is 2.16. The van der Waals surface area contributed by atoms with Gasteiger partial charge in [0.25, 0.3) is 0 Å². The topological polar surface area (TPSA) is 42.0 Å². The number of carbonyl (C=O) groups is 1. The largest absolute Gasteiger partial charge is 0.340 e. The van der Waals surface area contributed by atoms with Crippen LogP contribution in [0.5, 0.6) is 0 Å². The molecule has 0 spiro atoms. The number of hydrogen-bond acceptors (Lipinski definition) is 2. The van der Waals surface area contributed by atoms with Crippen LogP contribution >= 0.6 is 0 Å². The summed E-state index contributed by atoms with van der Waals surface area (Å²) in [5.74, 6) is -0.149. The summed E-state index contributed by atoms with van der Waals surface area (Å²) in [5, 5.41) is 3.06. The number of pyridine rings is 1. The maximum absolute atomic E-state index is 12.5. The van der Waals surface area contributed by atoms with Gasteiger partial charge in [-0.3, -0.25) is 9.78 Å². The second kappa shape index (κ2) is 8.26. The average molecular weight is 342 g/mol. The molecular formula is C23H22N2O. The Kier molecular flexibility index (Phi) is 5.59.